The predicted octanol–water partition coefficient (Wildman–Crippen LogP) is 3.60. The Balaban J connectivity index is 1.43. The van der Waals surface area contributed by atoms with Crippen molar-refractivity contribution in [2.75, 3.05) is 31.2 Å². The molecule has 2 aromatic rings. The fourth-order valence-corrected chi connectivity index (χ4v) is 7.19. The van der Waals surface area contributed by atoms with Crippen molar-refractivity contribution < 1.29 is 23.9 Å². The van der Waals surface area contributed by atoms with Gasteiger partial charge in [0, 0.05) is 73.4 Å². The van der Waals surface area contributed by atoms with Gasteiger partial charge < -0.3 is 24.4 Å². The first-order valence-corrected chi connectivity index (χ1v) is 14.9. The second-order valence-electron chi connectivity index (χ2n) is 12.1. The van der Waals surface area contributed by atoms with Crippen molar-refractivity contribution in [2.24, 2.45) is 5.41 Å². The molecule has 1 aliphatic carbocycles. The molecule has 2 saturated heterocycles. The molecule has 214 valence electrons. The molecule has 6 rings (SSSR count). The molecule has 0 unspecified atom stereocenters. The molecule has 9 heteroatoms. The summed E-state index contributed by atoms with van der Waals surface area (Å²) in [7, 11) is 0. The Labute approximate surface area is 235 Å². The first-order valence-electron chi connectivity index (χ1n) is 14.9. The SMILES string of the molecule is CCC(=O)[C@@H]1C[C@]23COCCCCC(=O)NCc4cc(N5CCCC5)cc5c(C(C)=O)cn(c45)CC(=O)N1[C@@H]2C3. The molecular weight excluding hydrogens is 508 g/mol. The Bertz CT molecular complexity index is 1360. The summed E-state index contributed by atoms with van der Waals surface area (Å²) in [6.45, 7) is 6.78. The number of Topliss-reactive ketones (excluding diaryl/α,β-unsaturated/α-hetero) is 2. The summed E-state index contributed by atoms with van der Waals surface area (Å²) in [6.07, 6.45) is 7.86. The maximum absolute atomic E-state index is 14.0. The van der Waals surface area contributed by atoms with Crippen LogP contribution in [0.4, 0.5) is 5.69 Å². The number of nitrogens with one attached hydrogen (secondary N) is 1. The van der Waals surface area contributed by atoms with Crippen LogP contribution < -0.4 is 10.2 Å². The second kappa shape index (κ2) is 10.7. The number of carbonyl (C=O) groups excluding carboxylic acids is 4. The average Bonchev–Trinajstić information content (AvgIpc) is 3.32. The van der Waals surface area contributed by atoms with E-state index in [2.05, 4.69) is 22.3 Å². The summed E-state index contributed by atoms with van der Waals surface area (Å²) in [4.78, 5) is 56.7. The van der Waals surface area contributed by atoms with Gasteiger partial charge in [-0.3, -0.25) is 19.2 Å². The van der Waals surface area contributed by atoms with Crippen LogP contribution in [0.1, 0.15) is 81.1 Å². The molecule has 2 amide bonds. The highest BCUT2D eigenvalue weighted by Gasteiger charge is 2.66. The van der Waals surface area contributed by atoms with Gasteiger partial charge in [-0.05, 0) is 63.1 Å². The van der Waals surface area contributed by atoms with Crippen LogP contribution in [0, 0.1) is 5.41 Å². The monoisotopic (exact) mass is 548 g/mol. The third kappa shape index (κ3) is 4.82. The zero-order valence-corrected chi connectivity index (χ0v) is 23.7. The molecule has 3 atom stereocenters. The number of benzene rings is 1. The topological polar surface area (TPSA) is 101 Å². The van der Waals surface area contributed by atoms with Crippen LogP contribution in [-0.2, 0) is 32.2 Å². The molecule has 2 bridgehead atoms. The van der Waals surface area contributed by atoms with Gasteiger partial charge in [0.15, 0.2) is 11.6 Å². The first-order chi connectivity index (χ1) is 19.3. The van der Waals surface area contributed by atoms with E-state index in [0.29, 0.717) is 44.6 Å². The van der Waals surface area contributed by atoms with E-state index >= 15 is 0 Å². The number of hydrogen-bond donors (Lipinski definition) is 1. The maximum atomic E-state index is 14.0. The van der Waals surface area contributed by atoms with Crippen LogP contribution in [0.3, 0.4) is 0 Å². The standard InChI is InChI=1S/C31H40N4O5/c1-3-26(37)25-14-31-15-27(31)35(25)29(39)18-34-17-24(20(2)36)23-13-22(33-9-5-6-10-33)12-21(30(23)34)16-32-28(38)8-4-7-11-40-19-31/h12-13,17,25,27H,3-11,14-16,18-19H2,1-2H3,(H,32,38)/t25-,27+,31-/m0/s1. The molecule has 1 N–H and O–H groups in total. The normalized spacial score (nSPS) is 27.4. The molecule has 3 fully saturated rings. The van der Waals surface area contributed by atoms with E-state index in [1.165, 1.54) is 0 Å². The molecule has 4 heterocycles. The number of hydrogen-bond acceptors (Lipinski definition) is 6. The lowest BCUT2D eigenvalue weighted by Gasteiger charge is -2.27. The van der Waals surface area contributed by atoms with Gasteiger partial charge in [-0.15, -0.1) is 0 Å². The molecule has 40 heavy (non-hydrogen) atoms. The van der Waals surface area contributed by atoms with Crippen molar-refractivity contribution in [1.29, 1.82) is 0 Å². The average molecular weight is 549 g/mol. The summed E-state index contributed by atoms with van der Waals surface area (Å²) in [5.41, 5.74) is 3.15. The van der Waals surface area contributed by atoms with Gasteiger partial charge in [-0.25, -0.2) is 0 Å². The summed E-state index contributed by atoms with van der Waals surface area (Å²) >= 11 is 0. The van der Waals surface area contributed by atoms with Gasteiger partial charge in [-0.2, -0.15) is 0 Å². The number of amides is 2. The minimum absolute atomic E-state index is 0.00905. The van der Waals surface area contributed by atoms with Crippen molar-refractivity contribution in [3.8, 4) is 0 Å². The Morgan fingerprint density at radius 2 is 1.90 bits per heavy atom. The van der Waals surface area contributed by atoms with Gasteiger partial charge in [0.2, 0.25) is 11.8 Å². The lowest BCUT2D eigenvalue weighted by molar-refractivity contribution is -0.139. The fraction of sp³-hybridized carbons (Fsp3) is 0.613. The fourth-order valence-electron chi connectivity index (χ4n) is 7.19. The van der Waals surface area contributed by atoms with E-state index in [4.69, 9.17) is 4.74 Å². The van der Waals surface area contributed by atoms with Crippen molar-refractivity contribution in [3.63, 3.8) is 0 Å². The molecule has 0 radical (unpaired) electrons. The number of nitrogens with zero attached hydrogens (tertiary/aromatic N) is 3. The highest BCUT2D eigenvalue weighted by molar-refractivity contribution is 6.09. The minimum Gasteiger partial charge on any atom is -0.381 e. The highest BCUT2D eigenvalue weighted by atomic mass is 16.5. The molecule has 1 aromatic heterocycles. The number of anilines is 1. The minimum atomic E-state index is -0.423. The maximum Gasteiger partial charge on any atom is 0.243 e. The number of rotatable bonds is 4. The molecule has 1 saturated carbocycles. The van der Waals surface area contributed by atoms with Crippen molar-refractivity contribution >= 4 is 40.0 Å². The van der Waals surface area contributed by atoms with Crippen molar-refractivity contribution in [1.82, 2.24) is 14.8 Å². The Hall–Kier alpha value is -3.20. The summed E-state index contributed by atoms with van der Waals surface area (Å²) in [6, 6.07) is 3.75. The molecule has 3 aliphatic heterocycles. The van der Waals surface area contributed by atoms with Gasteiger partial charge in [0.1, 0.15) is 6.54 Å². The number of piperidine rings is 1. The van der Waals surface area contributed by atoms with Crippen LogP contribution in [0.15, 0.2) is 18.3 Å². The van der Waals surface area contributed by atoms with E-state index in [-0.39, 0.29) is 41.4 Å². The molecule has 4 aliphatic rings. The Morgan fingerprint density at radius 1 is 1.10 bits per heavy atom. The smallest absolute Gasteiger partial charge is 0.243 e. The second-order valence-corrected chi connectivity index (χ2v) is 12.1. The number of carbonyl (C=O) groups is 4. The van der Waals surface area contributed by atoms with Gasteiger partial charge in [0.05, 0.1) is 18.2 Å². The van der Waals surface area contributed by atoms with Crippen LogP contribution in [0.5, 0.6) is 0 Å². The van der Waals surface area contributed by atoms with E-state index in [9.17, 15) is 19.2 Å². The third-order valence-corrected chi connectivity index (χ3v) is 9.43. The summed E-state index contributed by atoms with van der Waals surface area (Å²) in [5.74, 6) is -0.0942. The van der Waals surface area contributed by atoms with Gasteiger partial charge in [0.25, 0.3) is 0 Å². The first kappa shape index (κ1) is 27.0. The summed E-state index contributed by atoms with van der Waals surface area (Å²) in [5, 5.41) is 3.89. The van der Waals surface area contributed by atoms with Crippen molar-refractivity contribution in [2.45, 2.75) is 90.4 Å². The van der Waals surface area contributed by atoms with Gasteiger partial charge >= 0.3 is 0 Å². The van der Waals surface area contributed by atoms with Crippen LogP contribution in [-0.4, -0.2) is 71.2 Å². The largest absolute Gasteiger partial charge is 0.381 e. The highest BCUT2D eigenvalue weighted by Crippen LogP contribution is 2.60. The summed E-state index contributed by atoms with van der Waals surface area (Å²) < 4.78 is 7.90. The third-order valence-electron chi connectivity index (χ3n) is 9.43. The predicted molar refractivity (Wildman–Crippen MR) is 151 cm³/mol. The zero-order chi connectivity index (χ0) is 28.0. The Morgan fingerprint density at radius 3 is 2.65 bits per heavy atom. The van der Waals surface area contributed by atoms with E-state index in [0.717, 1.165) is 67.3 Å². The van der Waals surface area contributed by atoms with Crippen molar-refractivity contribution in [3.05, 3.63) is 29.5 Å². The molecular formula is C31H40N4O5. The molecule has 0 spiro atoms. The number of ether oxygens (including phenoxy) is 1. The number of ketones is 2. The zero-order valence-electron chi connectivity index (χ0n) is 23.7. The molecule has 1 aromatic carbocycles. The molecule has 9 nitrogen and oxygen atoms in total. The van der Waals surface area contributed by atoms with E-state index in [1.807, 2.05) is 16.4 Å². The van der Waals surface area contributed by atoms with Gasteiger partial charge in [-0.1, -0.05) is 6.92 Å². The lowest BCUT2D eigenvalue weighted by Crippen LogP contribution is -2.44. The van der Waals surface area contributed by atoms with Crippen LogP contribution in [0.2, 0.25) is 0 Å². The quantitative estimate of drug-likeness (QED) is 0.586. The van der Waals surface area contributed by atoms with Crippen LogP contribution >= 0.6 is 0 Å². The van der Waals surface area contributed by atoms with E-state index in [1.54, 1.807) is 13.1 Å². The number of aromatic nitrogens is 1. The van der Waals surface area contributed by atoms with E-state index < -0.39 is 6.04 Å². The Kier molecular flexibility index (Phi) is 7.19. The van der Waals surface area contributed by atoms with Crippen LogP contribution in [0.25, 0.3) is 10.9 Å². The lowest BCUT2D eigenvalue weighted by atomic mass is 9.97.